The van der Waals surface area contributed by atoms with Gasteiger partial charge < -0.3 is 5.11 Å². The molecule has 1 fully saturated rings. The molecule has 1 saturated heterocycles. The molecule has 0 aromatic heterocycles. The van der Waals surface area contributed by atoms with Crippen molar-refractivity contribution >= 4 is 37.6 Å². The SMILES string of the molecule is O=S(=O)(c1ccc(Br)c(Cl)c1)N1CC[C@@H](O)C1. The average Bonchev–Trinajstić information content (AvgIpc) is 2.69. The van der Waals surface area contributed by atoms with Gasteiger partial charge in [0, 0.05) is 17.6 Å². The lowest BCUT2D eigenvalue weighted by Gasteiger charge is -2.15. The van der Waals surface area contributed by atoms with Gasteiger partial charge in [0.2, 0.25) is 10.0 Å². The van der Waals surface area contributed by atoms with E-state index in [1.165, 1.54) is 16.4 Å². The van der Waals surface area contributed by atoms with E-state index in [9.17, 15) is 13.5 Å². The maximum atomic E-state index is 12.2. The minimum absolute atomic E-state index is 0.149. The molecular weight excluding hydrogens is 330 g/mol. The van der Waals surface area contributed by atoms with Gasteiger partial charge in [-0.25, -0.2) is 8.42 Å². The lowest BCUT2D eigenvalue weighted by molar-refractivity contribution is 0.189. The van der Waals surface area contributed by atoms with Crippen LogP contribution in [0.15, 0.2) is 27.6 Å². The predicted octanol–water partition coefficient (Wildman–Crippen LogP) is 1.86. The van der Waals surface area contributed by atoms with E-state index < -0.39 is 16.1 Å². The van der Waals surface area contributed by atoms with Gasteiger partial charge >= 0.3 is 0 Å². The first-order chi connectivity index (χ1) is 7.91. The predicted molar refractivity (Wildman–Crippen MR) is 68.5 cm³/mol. The standard InChI is InChI=1S/C10H11BrClNO3S/c11-9-2-1-8(5-10(9)12)17(15,16)13-4-3-7(14)6-13/h1-2,5,7,14H,3-4,6H2/t7-/m1/s1. The van der Waals surface area contributed by atoms with Crippen molar-refractivity contribution in [2.24, 2.45) is 0 Å². The van der Waals surface area contributed by atoms with Crippen molar-refractivity contribution in [3.8, 4) is 0 Å². The van der Waals surface area contributed by atoms with Gasteiger partial charge in [-0.3, -0.25) is 0 Å². The Labute approximate surface area is 113 Å². The van der Waals surface area contributed by atoms with E-state index in [0.29, 0.717) is 22.5 Å². The summed E-state index contributed by atoms with van der Waals surface area (Å²) in [5, 5.41) is 9.72. The minimum Gasteiger partial charge on any atom is -0.392 e. The van der Waals surface area contributed by atoms with Gasteiger partial charge in [-0.15, -0.1) is 0 Å². The van der Waals surface area contributed by atoms with Crippen molar-refractivity contribution in [3.63, 3.8) is 0 Å². The first-order valence-corrected chi connectivity index (χ1v) is 7.65. The number of rotatable bonds is 2. The third-order valence-electron chi connectivity index (χ3n) is 2.65. The number of benzene rings is 1. The van der Waals surface area contributed by atoms with Crippen molar-refractivity contribution in [3.05, 3.63) is 27.7 Å². The van der Waals surface area contributed by atoms with Crippen LogP contribution in [0.4, 0.5) is 0 Å². The van der Waals surface area contributed by atoms with E-state index in [-0.39, 0.29) is 11.4 Å². The van der Waals surface area contributed by atoms with Crippen molar-refractivity contribution in [2.75, 3.05) is 13.1 Å². The third kappa shape index (κ3) is 2.66. The Hall–Kier alpha value is -0.140. The van der Waals surface area contributed by atoms with Gasteiger partial charge in [-0.2, -0.15) is 4.31 Å². The Bertz CT molecular complexity index is 534. The second-order valence-electron chi connectivity index (χ2n) is 3.88. The highest BCUT2D eigenvalue weighted by Gasteiger charge is 2.31. The zero-order valence-corrected chi connectivity index (χ0v) is 12.0. The molecule has 7 heteroatoms. The van der Waals surface area contributed by atoms with E-state index in [1.807, 2.05) is 0 Å². The molecule has 1 aliphatic heterocycles. The monoisotopic (exact) mass is 339 g/mol. The summed E-state index contributed by atoms with van der Waals surface area (Å²) < 4.78 is 26.3. The van der Waals surface area contributed by atoms with Crippen molar-refractivity contribution in [1.82, 2.24) is 4.31 Å². The summed E-state index contributed by atoms with van der Waals surface area (Å²) in [4.78, 5) is 0.153. The fourth-order valence-corrected chi connectivity index (χ4v) is 3.73. The largest absolute Gasteiger partial charge is 0.392 e. The number of aliphatic hydroxyl groups excluding tert-OH is 1. The normalized spacial score (nSPS) is 21.9. The molecule has 0 radical (unpaired) electrons. The number of sulfonamides is 1. The van der Waals surface area contributed by atoms with Crippen LogP contribution in [0.5, 0.6) is 0 Å². The van der Waals surface area contributed by atoms with Gasteiger partial charge in [0.25, 0.3) is 0 Å². The molecule has 1 aliphatic rings. The van der Waals surface area contributed by atoms with Crippen LogP contribution in [0.3, 0.4) is 0 Å². The Kier molecular flexibility index (Phi) is 3.80. The van der Waals surface area contributed by atoms with E-state index in [1.54, 1.807) is 6.07 Å². The van der Waals surface area contributed by atoms with Crippen molar-refractivity contribution in [1.29, 1.82) is 0 Å². The Morgan fingerprint density at radius 1 is 1.47 bits per heavy atom. The highest BCUT2D eigenvalue weighted by Crippen LogP contribution is 2.28. The molecule has 1 heterocycles. The maximum Gasteiger partial charge on any atom is 0.243 e. The zero-order valence-electron chi connectivity index (χ0n) is 8.81. The molecule has 2 rings (SSSR count). The Balaban J connectivity index is 2.35. The summed E-state index contributed by atoms with van der Waals surface area (Å²) in [5.74, 6) is 0. The molecule has 17 heavy (non-hydrogen) atoms. The summed E-state index contributed by atoms with van der Waals surface area (Å²) in [6.45, 7) is 0.493. The van der Waals surface area contributed by atoms with Crippen LogP contribution < -0.4 is 0 Å². The van der Waals surface area contributed by atoms with Gasteiger partial charge in [0.15, 0.2) is 0 Å². The molecule has 0 amide bonds. The Morgan fingerprint density at radius 2 is 2.18 bits per heavy atom. The molecule has 1 atom stereocenters. The molecule has 0 bridgehead atoms. The molecule has 1 aromatic rings. The van der Waals surface area contributed by atoms with E-state index in [0.717, 1.165) is 0 Å². The average molecular weight is 341 g/mol. The number of nitrogens with zero attached hydrogens (tertiary/aromatic N) is 1. The molecule has 0 saturated carbocycles. The maximum absolute atomic E-state index is 12.2. The smallest absolute Gasteiger partial charge is 0.243 e. The number of aliphatic hydroxyl groups is 1. The molecular formula is C10H11BrClNO3S. The summed E-state index contributed by atoms with van der Waals surface area (Å²) in [6, 6.07) is 4.50. The second kappa shape index (κ2) is 4.85. The van der Waals surface area contributed by atoms with Crippen LogP contribution in [0.25, 0.3) is 0 Å². The van der Waals surface area contributed by atoms with Crippen LogP contribution in [0, 0.1) is 0 Å². The van der Waals surface area contributed by atoms with Crippen LogP contribution in [0.1, 0.15) is 6.42 Å². The summed E-state index contributed by atoms with van der Waals surface area (Å²) in [7, 11) is -3.54. The number of β-amino-alcohol motifs (C(OH)–C–C–N with tert-alkyl or cyclic N) is 1. The van der Waals surface area contributed by atoms with Crippen molar-refractivity contribution in [2.45, 2.75) is 17.4 Å². The van der Waals surface area contributed by atoms with E-state index in [2.05, 4.69) is 15.9 Å². The lowest BCUT2D eigenvalue weighted by Crippen LogP contribution is -2.29. The van der Waals surface area contributed by atoms with Gasteiger partial charge in [-0.05, 0) is 40.5 Å². The highest BCUT2D eigenvalue weighted by molar-refractivity contribution is 9.10. The summed E-state index contributed by atoms with van der Waals surface area (Å²) >= 11 is 9.08. The number of hydrogen-bond donors (Lipinski definition) is 1. The minimum atomic E-state index is -3.54. The van der Waals surface area contributed by atoms with Crippen LogP contribution in [-0.2, 0) is 10.0 Å². The molecule has 0 spiro atoms. The number of hydrogen-bond acceptors (Lipinski definition) is 3. The zero-order chi connectivity index (χ0) is 12.6. The van der Waals surface area contributed by atoms with Crippen molar-refractivity contribution < 1.29 is 13.5 Å². The van der Waals surface area contributed by atoms with E-state index >= 15 is 0 Å². The lowest BCUT2D eigenvalue weighted by atomic mass is 10.3. The van der Waals surface area contributed by atoms with E-state index in [4.69, 9.17) is 11.6 Å². The van der Waals surface area contributed by atoms with Gasteiger partial charge in [0.05, 0.1) is 16.0 Å². The van der Waals surface area contributed by atoms with Crippen LogP contribution in [-0.4, -0.2) is 37.0 Å². The van der Waals surface area contributed by atoms with Gasteiger partial charge in [0.1, 0.15) is 0 Å². The quantitative estimate of drug-likeness (QED) is 0.894. The fraction of sp³-hybridized carbons (Fsp3) is 0.400. The fourth-order valence-electron chi connectivity index (χ4n) is 1.72. The van der Waals surface area contributed by atoms with Gasteiger partial charge in [-0.1, -0.05) is 11.6 Å². The molecule has 94 valence electrons. The second-order valence-corrected chi connectivity index (χ2v) is 7.08. The first-order valence-electron chi connectivity index (χ1n) is 5.04. The number of halogens is 2. The molecule has 0 aliphatic carbocycles. The summed E-state index contributed by atoms with van der Waals surface area (Å²) in [6.07, 6.45) is -0.0977. The molecule has 0 unspecified atom stereocenters. The Morgan fingerprint density at radius 3 is 2.71 bits per heavy atom. The highest BCUT2D eigenvalue weighted by atomic mass is 79.9. The topological polar surface area (TPSA) is 57.6 Å². The molecule has 4 nitrogen and oxygen atoms in total. The summed E-state index contributed by atoms with van der Waals surface area (Å²) in [5.41, 5.74) is 0. The molecule has 1 aromatic carbocycles. The van der Waals surface area contributed by atoms with Crippen LogP contribution >= 0.6 is 27.5 Å². The van der Waals surface area contributed by atoms with Crippen LogP contribution in [0.2, 0.25) is 5.02 Å². The first kappa shape index (κ1) is 13.3. The molecule has 1 N–H and O–H groups in total. The third-order valence-corrected chi connectivity index (χ3v) is 5.75.